The van der Waals surface area contributed by atoms with Crippen LogP contribution >= 0.6 is 0 Å². The van der Waals surface area contributed by atoms with Crippen LogP contribution in [-0.4, -0.2) is 4.57 Å². The second kappa shape index (κ2) is 12.3. The molecule has 0 radical (unpaired) electrons. The summed E-state index contributed by atoms with van der Waals surface area (Å²) in [6, 6.07) is 56.9. The van der Waals surface area contributed by atoms with Crippen LogP contribution in [0.3, 0.4) is 0 Å². The molecular weight excluding hydrogens is 731 g/mol. The predicted octanol–water partition coefficient (Wildman–Crippen LogP) is 14.1. The Bertz CT molecular complexity index is 3720. The van der Waals surface area contributed by atoms with Crippen LogP contribution in [0, 0.1) is 6.92 Å². The fourth-order valence-corrected chi connectivity index (χ4v) is 10.6. The molecule has 0 unspecified atom stereocenters. The largest absolute Gasteiger partial charge is 0.268 e. The van der Waals surface area contributed by atoms with Crippen LogP contribution in [0.15, 0.2) is 173 Å². The van der Waals surface area contributed by atoms with Gasteiger partial charge in [-0.25, -0.2) is 4.57 Å². The lowest BCUT2D eigenvalue weighted by Gasteiger charge is -2.24. The highest BCUT2D eigenvalue weighted by Crippen LogP contribution is 2.54. The second-order valence-corrected chi connectivity index (χ2v) is 17.5. The summed E-state index contributed by atoms with van der Waals surface area (Å²) < 4.78 is 1.49. The molecule has 12 rings (SSSR count). The molecule has 60 heavy (non-hydrogen) atoms. The average Bonchev–Trinajstić information content (AvgIpc) is 3.77. The molecule has 0 aliphatic carbocycles. The fourth-order valence-electron chi connectivity index (χ4n) is 10.6. The van der Waals surface area contributed by atoms with Crippen molar-refractivity contribution in [2.75, 3.05) is 0 Å². The Morgan fingerprint density at radius 2 is 0.833 bits per heavy atom. The van der Waals surface area contributed by atoms with E-state index in [1.165, 1.54) is 15.5 Å². The van der Waals surface area contributed by atoms with E-state index in [2.05, 4.69) is 113 Å². The Morgan fingerprint density at radius 3 is 1.37 bits per heavy atom. The molecule has 0 N–H and O–H groups in total. The lowest BCUT2D eigenvalue weighted by Crippen LogP contribution is -2.25. The minimum absolute atomic E-state index is 0.142. The number of aromatic nitrogens is 1. The minimum atomic E-state index is -0.299. The van der Waals surface area contributed by atoms with Crippen molar-refractivity contribution in [3.05, 3.63) is 196 Å². The number of nitrogens with zero attached hydrogens (tertiary/aromatic N) is 1. The summed E-state index contributed by atoms with van der Waals surface area (Å²) >= 11 is 0. The van der Waals surface area contributed by atoms with Gasteiger partial charge in [0.1, 0.15) is 0 Å². The van der Waals surface area contributed by atoms with E-state index in [1.54, 1.807) is 0 Å². The van der Waals surface area contributed by atoms with Crippen molar-refractivity contribution in [2.45, 2.75) is 33.1 Å². The molecule has 12 aromatic rings. The number of rotatable bonds is 5. The number of fused-ring (bicyclic) bond motifs is 3. The normalized spacial score (nSPS) is 12.5. The van der Waals surface area contributed by atoms with E-state index in [9.17, 15) is 0 Å². The Hall–Kier alpha value is -7.36. The summed E-state index contributed by atoms with van der Waals surface area (Å²) in [6.45, 7) is 8.91. The van der Waals surface area contributed by atoms with Gasteiger partial charge in [0, 0.05) is 11.1 Å². The van der Waals surface area contributed by atoms with Crippen molar-refractivity contribution in [3.8, 4) is 50.2 Å². The van der Waals surface area contributed by atoms with Gasteiger partial charge in [0.25, 0.3) is 11.1 Å². The maximum absolute atomic E-state index is 15.9. The highest BCUT2D eigenvalue weighted by molar-refractivity contribution is 6.50. The molecule has 0 aliphatic rings. The maximum atomic E-state index is 15.9. The van der Waals surface area contributed by atoms with Gasteiger partial charge in [-0.05, 0) is 123 Å². The van der Waals surface area contributed by atoms with Crippen LogP contribution in [0.2, 0.25) is 0 Å². The van der Waals surface area contributed by atoms with E-state index >= 15 is 9.59 Å². The Morgan fingerprint density at radius 1 is 0.383 bits per heavy atom. The Labute approximate surface area is 346 Å². The lowest BCUT2D eigenvalue weighted by atomic mass is 9.80. The number of benzene rings is 10. The van der Waals surface area contributed by atoms with Crippen molar-refractivity contribution in [1.29, 1.82) is 0 Å². The van der Waals surface area contributed by atoms with E-state index in [0.29, 0.717) is 16.5 Å². The van der Waals surface area contributed by atoms with Crippen LogP contribution in [0.1, 0.15) is 31.9 Å². The van der Waals surface area contributed by atoms with Crippen molar-refractivity contribution < 1.29 is 0 Å². The monoisotopic (exact) mass is 769 g/mol. The van der Waals surface area contributed by atoms with Gasteiger partial charge in [0.2, 0.25) is 0 Å². The molecule has 1 aromatic heterocycles. The van der Waals surface area contributed by atoms with E-state index in [0.717, 1.165) is 98.5 Å². The standard InChI is InChI=1S/C57H39NO2/c1-32-16-11-12-21-36(32)42-30-44-50-48-40(42)28-26-35-27-29-41-43(39-22-13-14-25-46(39)57(2,3)4)31-45(51(50)49(41)47(35)48)53-52(44)55(59)58(56(53)60)54-37(33-17-7-5-8-18-33)23-15-24-38(54)34-19-9-6-10-20-34/h5-31H,1-4H3. The van der Waals surface area contributed by atoms with Gasteiger partial charge in [-0.3, -0.25) is 9.59 Å². The van der Waals surface area contributed by atoms with Gasteiger partial charge in [-0.2, -0.15) is 0 Å². The Balaban J connectivity index is 1.34. The van der Waals surface area contributed by atoms with E-state index in [4.69, 9.17) is 0 Å². The van der Waals surface area contributed by atoms with Crippen LogP contribution in [0.4, 0.5) is 0 Å². The van der Waals surface area contributed by atoms with Gasteiger partial charge >= 0.3 is 0 Å². The smallest absolute Gasteiger partial charge is 0.266 e. The number of para-hydroxylation sites is 1. The summed E-state index contributed by atoms with van der Waals surface area (Å²) in [5.74, 6) is 0. The lowest BCUT2D eigenvalue weighted by molar-refractivity contribution is 0.592. The molecule has 0 spiro atoms. The van der Waals surface area contributed by atoms with E-state index in [-0.39, 0.29) is 16.5 Å². The third-order valence-electron chi connectivity index (χ3n) is 13.1. The zero-order valence-corrected chi connectivity index (χ0v) is 33.9. The summed E-state index contributed by atoms with van der Waals surface area (Å²) in [4.78, 5) is 31.8. The SMILES string of the molecule is Cc1ccccc1-c1cc2c3c(=O)n(-c4c(-c5ccccc5)cccc4-c4ccccc4)c(=O)c3c3cc(-c4ccccc4C(C)(C)C)c4ccc5ccc1c1c5c4c3c21. The first-order chi connectivity index (χ1) is 29.2. The topological polar surface area (TPSA) is 39.1 Å². The predicted molar refractivity (Wildman–Crippen MR) is 253 cm³/mol. The third-order valence-corrected chi connectivity index (χ3v) is 13.1. The Kier molecular flexibility index (Phi) is 7.12. The molecule has 0 bridgehead atoms. The summed E-state index contributed by atoms with van der Waals surface area (Å²) in [5.41, 5.74) is 10.2. The van der Waals surface area contributed by atoms with Crippen molar-refractivity contribution >= 4 is 64.6 Å². The number of hydrogen-bond acceptors (Lipinski definition) is 2. The molecule has 0 aliphatic heterocycles. The fraction of sp³-hybridized carbons (Fsp3) is 0.0877. The molecule has 0 atom stereocenters. The summed E-state index contributed by atoms with van der Waals surface area (Å²) in [6.07, 6.45) is 0. The van der Waals surface area contributed by atoms with Crippen molar-refractivity contribution in [1.82, 2.24) is 4.57 Å². The van der Waals surface area contributed by atoms with Crippen molar-refractivity contribution in [2.24, 2.45) is 0 Å². The molecule has 0 amide bonds. The van der Waals surface area contributed by atoms with Crippen LogP contribution in [0.5, 0.6) is 0 Å². The first-order valence-corrected chi connectivity index (χ1v) is 20.8. The first-order valence-electron chi connectivity index (χ1n) is 20.8. The first kappa shape index (κ1) is 34.7. The van der Waals surface area contributed by atoms with Gasteiger partial charge < -0.3 is 0 Å². The van der Waals surface area contributed by atoms with Gasteiger partial charge in [-0.15, -0.1) is 0 Å². The molecule has 0 saturated carbocycles. The van der Waals surface area contributed by atoms with E-state index < -0.39 is 0 Å². The number of hydrogen-bond donors (Lipinski definition) is 0. The van der Waals surface area contributed by atoms with Crippen LogP contribution < -0.4 is 11.1 Å². The molecular formula is C57H39NO2. The molecule has 284 valence electrons. The van der Waals surface area contributed by atoms with Gasteiger partial charge in [0.15, 0.2) is 0 Å². The summed E-state index contributed by atoms with van der Waals surface area (Å²) in [5, 5.41) is 11.7. The van der Waals surface area contributed by atoms with Crippen LogP contribution in [0.25, 0.3) is 115 Å². The molecule has 3 heteroatoms. The molecule has 1 heterocycles. The van der Waals surface area contributed by atoms with E-state index in [1.807, 2.05) is 78.9 Å². The minimum Gasteiger partial charge on any atom is -0.268 e. The molecule has 11 aromatic carbocycles. The zero-order valence-electron chi connectivity index (χ0n) is 33.9. The summed E-state index contributed by atoms with van der Waals surface area (Å²) in [7, 11) is 0. The molecule has 3 nitrogen and oxygen atoms in total. The highest BCUT2D eigenvalue weighted by Gasteiger charge is 2.31. The van der Waals surface area contributed by atoms with Crippen molar-refractivity contribution in [3.63, 3.8) is 0 Å². The number of aryl methyl sites for hydroxylation is 1. The van der Waals surface area contributed by atoms with Gasteiger partial charge in [-0.1, -0.05) is 172 Å². The highest BCUT2D eigenvalue weighted by atomic mass is 16.2. The molecule has 0 fully saturated rings. The average molecular weight is 770 g/mol. The second-order valence-electron chi connectivity index (χ2n) is 17.5. The van der Waals surface area contributed by atoms with Gasteiger partial charge in [0.05, 0.1) is 16.5 Å². The zero-order chi connectivity index (χ0) is 40.6. The van der Waals surface area contributed by atoms with Crippen LogP contribution in [-0.2, 0) is 5.41 Å². The quantitative estimate of drug-likeness (QED) is 0.164. The maximum Gasteiger partial charge on any atom is 0.266 e. The third kappa shape index (κ3) is 4.60. The molecule has 0 saturated heterocycles.